The van der Waals surface area contributed by atoms with E-state index in [0.717, 1.165) is 20.2 Å². The molecule has 7 nitrogen and oxygen atoms in total. The zero-order chi connectivity index (χ0) is 21.2. The molecule has 0 saturated heterocycles. The van der Waals surface area contributed by atoms with Gasteiger partial charge < -0.3 is 4.74 Å². The van der Waals surface area contributed by atoms with Crippen LogP contribution in [0.1, 0.15) is 11.3 Å². The molecule has 0 unspecified atom stereocenters. The Balaban J connectivity index is 2.73. The summed E-state index contributed by atoms with van der Waals surface area (Å²) in [5.41, 5.74) is -4.27. The fourth-order valence-corrected chi connectivity index (χ4v) is 2.49. The van der Waals surface area contributed by atoms with E-state index in [2.05, 4.69) is 4.74 Å². The first-order chi connectivity index (χ1) is 13.0. The lowest BCUT2D eigenvalue weighted by molar-refractivity contribution is -0.144. The van der Waals surface area contributed by atoms with Gasteiger partial charge in [0.15, 0.2) is 0 Å². The molecule has 0 aliphatic heterocycles. The number of hydrogen-bond acceptors (Lipinski definition) is 5. The van der Waals surface area contributed by atoms with Crippen LogP contribution in [0.2, 0.25) is 5.02 Å². The summed E-state index contributed by atoms with van der Waals surface area (Å²) in [6.45, 7) is 0. The molecular weight excluding hydrogens is 403 g/mol. The minimum atomic E-state index is -4.89. The molecule has 146 valence electrons. The number of alkyl halides is 3. The Bertz CT molecular complexity index is 1140. The number of halogens is 4. The smallest absolute Gasteiger partial charge is 0.431 e. The van der Waals surface area contributed by atoms with Crippen molar-refractivity contribution in [3.05, 3.63) is 67.0 Å². The average Bonchev–Trinajstić information content (AvgIpc) is 2.63. The third kappa shape index (κ3) is 3.99. The van der Waals surface area contributed by atoms with E-state index in [1.165, 1.54) is 18.2 Å². The molecule has 1 aromatic carbocycles. The number of rotatable bonds is 3. The zero-order valence-corrected chi connectivity index (χ0v) is 15.1. The van der Waals surface area contributed by atoms with Gasteiger partial charge in [0.1, 0.15) is 17.3 Å². The van der Waals surface area contributed by atoms with Gasteiger partial charge in [-0.25, -0.2) is 14.2 Å². The lowest BCUT2D eigenvalue weighted by Crippen LogP contribution is -2.40. The summed E-state index contributed by atoms with van der Waals surface area (Å²) in [5, 5.41) is 9.09. The summed E-state index contributed by atoms with van der Waals surface area (Å²) in [4.78, 5) is 36.0. The number of aromatic nitrogens is 2. The third-order valence-corrected chi connectivity index (χ3v) is 4.02. The Morgan fingerprint density at radius 2 is 1.93 bits per heavy atom. The second kappa shape index (κ2) is 7.74. The van der Waals surface area contributed by atoms with Crippen LogP contribution in [0.4, 0.5) is 13.2 Å². The Morgan fingerprint density at radius 3 is 2.46 bits per heavy atom. The van der Waals surface area contributed by atoms with E-state index in [9.17, 15) is 27.6 Å². The predicted molar refractivity (Wildman–Crippen MR) is 92.9 cm³/mol. The van der Waals surface area contributed by atoms with E-state index in [0.29, 0.717) is 15.2 Å². The fourth-order valence-electron chi connectivity index (χ4n) is 2.32. The Labute approximate surface area is 160 Å². The maximum atomic E-state index is 12.9. The molecule has 0 aliphatic rings. The summed E-state index contributed by atoms with van der Waals surface area (Å²) < 4.78 is 44.1. The molecule has 11 heteroatoms. The third-order valence-electron chi connectivity index (χ3n) is 3.67. The molecule has 0 saturated carbocycles. The number of hydrogen-bond donors (Lipinski definition) is 0. The predicted octanol–water partition coefficient (Wildman–Crippen LogP) is 2.29. The van der Waals surface area contributed by atoms with Gasteiger partial charge in [0.25, 0.3) is 5.56 Å². The van der Waals surface area contributed by atoms with E-state index in [-0.39, 0.29) is 16.3 Å². The highest BCUT2D eigenvalue weighted by molar-refractivity contribution is 6.32. The fraction of sp³-hybridized carbons (Fsp3) is 0.176. The van der Waals surface area contributed by atoms with Crippen LogP contribution in [0.15, 0.2) is 39.4 Å². The molecule has 0 fully saturated rings. The number of carbonyl (C=O) groups is 1. The second-order valence-corrected chi connectivity index (χ2v) is 5.82. The van der Waals surface area contributed by atoms with E-state index in [1.54, 1.807) is 6.07 Å². The first-order valence-corrected chi connectivity index (χ1v) is 7.79. The zero-order valence-electron chi connectivity index (χ0n) is 14.4. The lowest BCUT2D eigenvalue weighted by Gasteiger charge is -2.14. The first-order valence-electron chi connectivity index (χ1n) is 7.41. The van der Waals surface area contributed by atoms with Crippen LogP contribution in [0.25, 0.3) is 11.8 Å². The molecule has 2 aromatic rings. The number of ether oxygens (including phenoxy) is 1. The van der Waals surface area contributed by atoms with E-state index >= 15 is 0 Å². The molecule has 1 aromatic heterocycles. The molecule has 0 radical (unpaired) electrons. The van der Waals surface area contributed by atoms with Crippen molar-refractivity contribution in [2.45, 2.75) is 6.18 Å². The van der Waals surface area contributed by atoms with E-state index < -0.39 is 34.7 Å². The van der Waals surface area contributed by atoms with Crippen LogP contribution in [0.5, 0.6) is 0 Å². The topological polar surface area (TPSA) is 94.1 Å². The minimum absolute atomic E-state index is 0.0668. The molecule has 28 heavy (non-hydrogen) atoms. The van der Waals surface area contributed by atoms with Crippen LogP contribution in [0.3, 0.4) is 0 Å². The molecule has 2 rings (SSSR count). The average molecular weight is 414 g/mol. The molecule has 1 heterocycles. The van der Waals surface area contributed by atoms with Gasteiger partial charge in [0, 0.05) is 18.1 Å². The van der Waals surface area contributed by atoms with Crippen molar-refractivity contribution >= 4 is 23.6 Å². The van der Waals surface area contributed by atoms with Gasteiger partial charge >= 0.3 is 17.8 Å². The molecule has 0 N–H and O–H groups in total. The molecular formula is C17H11ClF3N3O4. The van der Waals surface area contributed by atoms with Gasteiger partial charge in [-0.05, 0) is 29.8 Å². The maximum Gasteiger partial charge on any atom is 0.431 e. The minimum Gasteiger partial charge on any atom is -0.465 e. The summed E-state index contributed by atoms with van der Waals surface area (Å²) in [7, 11) is 1.94. The molecule has 0 bridgehead atoms. The van der Waals surface area contributed by atoms with Gasteiger partial charge in [-0.2, -0.15) is 18.4 Å². The maximum absolute atomic E-state index is 12.9. The first kappa shape index (κ1) is 21.0. The highest BCUT2D eigenvalue weighted by Gasteiger charge is 2.35. The van der Waals surface area contributed by atoms with Crippen molar-refractivity contribution in [2.24, 2.45) is 7.05 Å². The van der Waals surface area contributed by atoms with Crippen LogP contribution in [-0.2, 0) is 22.8 Å². The standard InChI is InChI=1S/C17H11ClF3N3O4/c1-23-13(17(19,20)21)7-14(25)24(16(23)27)11-3-4-12(18)9(6-11)5-10(8-22)15(26)28-2/h3-7H,1-2H3/b10-5+. The van der Waals surface area contributed by atoms with Crippen molar-refractivity contribution in [1.82, 2.24) is 9.13 Å². The molecule has 0 amide bonds. The van der Waals surface area contributed by atoms with Gasteiger partial charge in [-0.1, -0.05) is 11.6 Å². The highest BCUT2D eigenvalue weighted by Crippen LogP contribution is 2.27. The van der Waals surface area contributed by atoms with Crippen molar-refractivity contribution < 1.29 is 22.7 Å². The number of benzene rings is 1. The second-order valence-electron chi connectivity index (χ2n) is 5.41. The summed E-state index contributed by atoms with van der Waals surface area (Å²) in [5.74, 6) is -0.938. The number of methoxy groups -OCH3 is 1. The van der Waals surface area contributed by atoms with E-state index in [1.807, 2.05) is 0 Å². The summed E-state index contributed by atoms with van der Waals surface area (Å²) in [6, 6.07) is 5.58. The van der Waals surface area contributed by atoms with Gasteiger partial charge in [0.2, 0.25) is 0 Å². The number of nitrogens with zero attached hydrogens (tertiary/aromatic N) is 3. The SMILES string of the molecule is COC(=O)/C(C#N)=C/c1cc(-n2c(=O)cc(C(F)(F)F)n(C)c2=O)ccc1Cl. The largest absolute Gasteiger partial charge is 0.465 e. The summed E-state index contributed by atoms with van der Waals surface area (Å²) >= 11 is 6.00. The van der Waals surface area contributed by atoms with Crippen molar-refractivity contribution in [1.29, 1.82) is 5.26 Å². The Hall–Kier alpha value is -3.32. The summed E-state index contributed by atoms with van der Waals surface area (Å²) in [6.07, 6.45) is -3.82. The molecule has 0 atom stereocenters. The van der Waals surface area contributed by atoms with Crippen molar-refractivity contribution in [3.63, 3.8) is 0 Å². The van der Waals surface area contributed by atoms with Crippen molar-refractivity contribution in [3.8, 4) is 11.8 Å². The number of esters is 1. The van der Waals surface area contributed by atoms with Crippen LogP contribution in [0, 0.1) is 11.3 Å². The Morgan fingerprint density at radius 1 is 1.29 bits per heavy atom. The van der Waals surface area contributed by atoms with E-state index in [4.69, 9.17) is 16.9 Å². The van der Waals surface area contributed by atoms with Crippen LogP contribution < -0.4 is 11.2 Å². The highest BCUT2D eigenvalue weighted by atomic mass is 35.5. The quantitative estimate of drug-likeness (QED) is 0.437. The van der Waals surface area contributed by atoms with Crippen molar-refractivity contribution in [2.75, 3.05) is 7.11 Å². The van der Waals surface area contributed by atoms with Gasteiger partial charge in [-0.3, -0.25) is 9.36 Å². The lowest BCUT2D eigenvalue weighted by atomic mass is 10.1. The molecule has 0 aliphatic carbocycles. The van der Waals surface area contributed by atoms with Crippen LogP contribution in [-0.4, -0.2) is 22.2 Å². The van der Waals surface area contributed by atoms with Crippen LogP contribution >= 0.6 is 11.6 Å². The number of carbonyl (C=O) groups excluding carboxylic acids is 1. The molecule has 0 spiro atoms. The number of nitriles is 1. The van der Waals surface area contributed by atoms with Gasteiger partial charge in [0.05, 0.1) is 12.8 Å². The normalized spacial score (nSPS) is 11.8. The monoisotopic (exact) mass is 413 g/mol. The Kier molecular flexibility index (Phi) is 5.80. The van der Waals surface area contributed by atoms with Gasteiger partial charge in [-0.15, -0.1) is 0 Å².